The Morgan fingerprint density at radius 1 is 0.463 bits per heavy atom. The summed E-state index contributed by atoms with van der Waals surface area (Å²) in [6, 6.07) is 44.4. The highest BCUT2D eigenvalue weighted by atomic mass is 79.9. The smallest absolute Gasteiger partial charge is 0.277 e. The van der Waals surface area contributed by atoms with Gasteiger partial charge in [-0.2, -0.15) is 0 Å². The number of hydrogen-bond donors (Lipinski definition) is 1. The van der Waals surface area contributed by atoms with Crippen LogP contribution in [0.1, 0.15) is 130 Å². The topological polar surface area (TPSA) is 144 Å². The predicted octanol–water partition coefficient (Wildman–Crippen LogP) is 11.3. The van der Waals surface area contributed by atoms with Crippen LogP contribution in [0, 0.1) is 7.43 Å². The minimum atomic E-state index is -0.425. The average Bonchev–Trinajstić information content (AvgIpc) is 3.79. The minimum Gasteiger partial charge on any atom is -0.858 e. The van der Waals surface area contributed by atoms with Gasteiger partial charge in [-0.05, 0) is 91.4 Å². The molecular weight excluding hydrogens is 907 g/mol. The molecule has 67 heavy (non-hydrogen) atoms. The van der Waals surface area contributed by atoms with E-state index in [2.05, 4.69) is 69.5 Å². The van der Waals surface area contributed by atoms with Gasteiger partial charge in [0.15, 0.2) is 0 Å². The number of unbranched alkanes of at least 4 members (excludes halogenated alkanes) is 9. The highest BCUT2D eigenvalue weighted by Gasteiger charge is 2.34. The molecule has 0 atom stereocenters. The van der Waals surface area contributed by atoms with Crippen molar-refractivity contribution in [3.05, 3.63) is 186 Å². The SMILES string of the molecule is BrCCCCCCOCc1ccccc1.NCCCCCCOCc1ccccc1.O=C1N=C([O-])c2ccccc21.O=C1c2ccccc2C(=O)N1CCCCCCOCc1ccccc1.[CH3+]. The second-order valence-corrected chi connectivity index (χ2v) is 16.7. The van der Waals surface area contributed by atoms with Crippen LogP contribution in [0.3, 0.4) is 0 Å². The Bertz CT molecular complexity index is 2050. The number of rotatable bonds is 25. The van der Waals surface area contributed by atoms with E-state index in [-0.39, 0.29) is 19.2 Å². The van der Waals surface area contributed by atoms with E-state index < -0.39 is 11.8 Å². The quantitative estimate of drug-likeness (QED) is 0.0263. The van der Waals surface area contributed by atoms with E-state index in [4.69, 9.17) is 19.9 Å². The molecule has 2 aliphatic heterocycles. The zero-order valence-corrected chi connectivity index (χ0v) is 40.9. The maximum absolute atomic E-state index is 12.2. The molecule has 358 valence electrons. The van der Waals surface area contributed by atoms with Crippen LogP contribution in [0.15, 0.2) is 145 Å². The van der Waals surface area contributed by atoms with Crippen molar-refractivity contribution in [3.63, 3.8) is 0 Å². The number of ether oxygens (including phenoxy) is 3. The highest BCUT2D eigenvalue weighted by Crippen LogP contribution is 2.23. The number of amides is 3. The maximum atomic E-state index is 12.2. The number of carbonyl (C=O) groups is 3. The fraction of sp³-hybridized carbons (Fsp3) is 0.375. The first-order chi connectivity index (χ1) is 32.4. The normalized spacial score (nSPS) is 12.1. The van der Waals surface area contributed by atoms with Gasteiger partial charge in [0.2, 0.25) is 0 Å². The summed E-state index contributed by atoms with van der Waals surface area (Å²) in [7, 11) is 0. The van der Waals surface area contributed by atoms with E-state index in [1.807, 2.05) is 42.5 Å². The average molecular weight is 977 g/mol. The fourth-order valence-electron chi connectivity index (χ4n) is 6.99. The molecule has 0 spiro atoms. The third-order valence-electron chi connectivity index (χ3n) is 10.6. The van der Waals surface area contributed by atoms with Crippen molar-refractivity contribution in [2.24, 2.45) is 10.7 Å². The van der Waals surface area contributed by atoms with Crippen molar-refractivity contribution in [1.82, 2.24) is 4.90 Å². The van der Waals surface area contributed by atoms with E-state index in [0.717, 1.165) is 83.4 Å². The van der Waals surface area contributed by atoms with Crippen LogP contribution < -0.4 is 10.8 Å². The summed E-state index contributed by atoms with van der Waals surface area (Å²) < 4.78 is 16.8. The Balaban J connectivity index is 0.000000247. The van der Waals surface area contributed by atoms with E-state index in [1.54, 1.807) is 48.5 Å². The monoisotopic (exact) mass is 975 g/mol. The molecule has 10 nitrogen and oxygen atoms in total. The first-order valence-electron chi connectivity index (χ1n) is 23.4. The van der Waals surface area contributed by atoms with Crippen molar-refractivity contribution < 1.29 is 33.7 Å². The number of nitrogens with two attached hydrogens (primary N) is 1. The summed E-state index contributed by atoms with van der Waals surface area (Å²) in [6.07, 6.45) is 13.6. The van der Waals surface area contributed by atoms with Crippen molar-refractivity contribution in [2.75, 3.05) is 38.2 Å². The van der Waals surface area contributed by atoms with E-state index in [1.165, 1.54) is 60.1 Å². The number of halogens is 1. The molecule has 5 aromatic rings. The summed E-state index contributed by atoms with van der Waals surface area (Å²) in [5, 5.41) is 12.0. The Hall–Kier alpha value is -5.43. The molecule has 0 aromatic heterocycles. The van der Waals surface area contributed by atoms with Crippen LogP contribution >= 0.6 is 15.9 Å². The molecule has 0 fully saturated rings. The first kappa shape index (κ1) is 55.9. The number of fused-ring (bicyclic) bond motifs is 2. The summed E-state index contributed by atoms with van der Waals surface area (Å²) >= 11 is 3.43. The zero-order valence-electron chi connectivity index (χ0n) is 39.3. The van der Waals surface area contributed by atoms with Crippen LogP contribution in [0.2, 0.25) is 0 Å². The third kappa shape index (κ3) is 21.8. The standard InChI is InChI=1S/C21H23NO3.C13H19BrO.C13H21NO.C8H5NO2.CH3/c23-20-18-12-6-7-13-19(18)21(24)22(20)14-8-1-2-9-15-25-16-17-10-4-3-5-11-17;2*14-10-6-1-2-7-11-15-12-13-8-4-3-5-9-13;10-7-5-3-1-2-4-6(5)8(11)9-7;/h3-7,10-13H,1-2,8-9,14-16H2;3-5,8-9H,1-2,6-7,10-12H2;3-5,8-9H,1-2,6-7,10-12,14H2;1-4H,(H,9,10,11);1H3/q;;;;+1/p-1. The predicted molar refractivity (Wildman–Crippen MR) is 272 cm³/mol. The van der Waals surface area contributed by atoms with Gasteiger partial charge < -0.3 is 25.1 Å². The van der Waals surface area contributed by atoms with E-state index in [9.17, 15) is 19.5 Å². The second kappa shape index (κ2) is 34.8. The van der Waals surface area contributed by atoms with Crippen LogP contribution in [-0.2, 0) is 34.0 Å². The molecule has 3 amide bonds. The van der Waals surface area contributed by atoms with Gasteiger partial charge in [-0.1, -0.05) is 176 Å². The molecule has 0 radical (unpaired) electrons. The van der Waals surface area contributed by atoms with Gasteiger partial charge in [-0.15, -0.1) is 0 Å². The third-order valence-corrected chi connectivity index (χ3v) is 11.2. The number of hydrogen-bond acceptors (Lipinski definition) is 8. The lowest BCUT2D eigenvalue weighted by molar-refractivity contribution is -0.212. The van der Waals surface area contributed by atoms with E-state index in [0.29, 0.717) is 35.4 Å². The molecule has 0 saturated heterocycles. The Kier molecular flexibility index (Phi) is 29.0. The molecule has 5 aromatic carbocycles. The van der Waals surface area contributed by atoms with Crippen molar-refractivity contribution in [3.8, 4) is 0 Å². The second-order valence-electron chi connectivity index (χ2n) is 15.9. The number of nitrogens with zero attached hydrogens (tertiary/aromatic N) is 2. The lowest BCUT2D eigenvalue weighted by Gasteiger charge is -2.13. The van der Waals surface area contributed by atoms with Crippen LogP contribution in [0.25, 0.3) is 0 Å². The van der Waals surface area contributed by atoms with Gasteiger partial charge in [-0.25, -0.2) is 4.99 Å². The summed E-state index contributed by atoms with van der Waals surface area (Å²) in [5.41, 5.74) is 11.0. The largest absolute Gasteiger partial charge is 0.858 e. The molecule has 2 aliphatic rings. The highest BCUT2D eigenvalue weighted by molar-refractivity contribution is 9.09. The number of carbonyl (C=O) groups excluding carboxylic acids is 3. The van der Waals surface area contributed by atoms with Crippen molar-refractivity contribution in [1.29, 1.82) is 0 Å². The Labute approximate surface area is 408 Å². The molecular formula is C56H70BrN3O7. The molecule has 0 unspecified atom stereocenters. The molecule has 0 aliphatic carbocycles. The molecule has 0 bridgehead atoms. The molecule has 7 rings (SSSR count). The van der Waals surface area contributed by atoms with Gasteiger partial charge in [0.25, 0.3) is 17.7 Å². The molecule has 2 N–H and O–H groups in total. The van der Waals surface area contributed by atoms with Gasteiger partial charge in [0, 0.05) is 44.7 Å². The van der Waals surface area contributed by atoms with Crippen LogP contribution in [-0.4, -0.2) is 66.8 Å². The Morgan fingerprint density at radius 3 is 1.22 bits per heavy atom. The summed E-state index contributed by atoms with van der Waals surface area (Å²) in [4.78, 5) is 40.0. The maximum Gasteiger partial charge on any atom is 0.277 e. The number of benzene rings is 5. The molecule has 11 heteroatoms. The van der Waals surface area contributed by atoms with Gasteiger partial charge in [-0.3, -0.25) is 19.3 Å². The summed E-state index contributed by atoms with van der Waals surface area (Å²) in [6.45, 7) is 5.92. The minimum absolute atomic E-state index is 0. The number of aliphatic imine (C=N–C) groups is 1. The molecule has 0 saturated carbocycles. The van der Waals surface area contributed by atoms with E-state index >= 15 is 0 Å². The number of alkyl halides is 1. The lowest BCUT2D eigenvalue weighted by Crippen LogP contribution is -2.30. The zero-order chi connectivity index (χ0) is 46.9. The first-order valence-corrected chi connectivity index (χ1v) is 24.5. The van der Waals surface area contributed by atoms with Crippen molar-refractivity contribution >= 4 is 39.5 Å². The summed E-state index contributed by atoms with van der Waals surface area (Å²) in [5.74, 6) is -1.17. The van der Waals surface area contributed by atoms with Crippen LogP contribution in [0.4, 0.5) is 0 Å². The number of imide groups is 1. The van der Waals surface area contributed by atoms with Crippen molar-refractivity contribution in [2.45, 2.75) is 96.9 Å². The van der Waals surface area contributed by atoms with Crippen LogP contribution in [0.5, 0.6) is 0 Å². The molecule has 2 heterocycles. The fourth-order valence-corrected chi connectivity index (χ4v) is 7.38. The van der Waals surface area contributed by atoms with Gasteiger partial charge >= 0.3 is 0 Å². The van der Waals surface area contributed by atoms with Gasteiger partial charge in [0.05, 0.1) is 30.9 Å². The lowest BCUT2D eigenvalue weighted by atomic mass is 10.1. The Morgan fingerprint density at radius 2 is 0.821 bits per heavy atom. The van der Waals surface area contributed by atoms with Gasteiger partial charge in [0.1, 0.15) is 0 Å².